The van der Waals surface area contributed by atoms with Crippen molar-refractivity contribution in [2.24, 2.45) is 0 Å². The van der Waals surface area contributed by atoms with Crippen molar-refractivity contribution in [1.29, 1.82) is 0 Å². The van der Waals surface area contributed by atoms with E-state index in [4.69, 9.17) is 11.6 Å². The summed E-state index contributed by atoms with van der Waals surface area (Å²) < 4.78 is 24.5. The quantitative estimate of drug-likeness (QED) is 0.660. The Morgan fingerprint density at radius 1 is 1.33 bits per heavy atom. The Balaban J connectivity index is 2.04. The highest BCUT2D eigenvalue weighted by Gasteiger charge is 2.38. The van der Waals surface area contributed by atoms with Crippen LogP contribution in [0, 0.1) is 0 Å². The molecule has 88 valence electrons. The minimum Gasteiger partial charge on any atom is -0.392 e. The van der Waals surface area contributed by atoms with Crippen molar-refractivity contribution < 1.29 is 13.5 Å². The molecule has 7 heteroatoms. The number of piperazine rings is 1. The smallest absolute Gasteiger partial charge is 0.228 e. The molecule has 5 nitrogen and oxygen atoms in total. The molecule has 0 amide bonds. The summed E-state index contributed by atoms with van der Waals surface area (Å²) in [5.41, 5.74) is 0. The van der Waals surface area contributed by atoms with Crippen LogP contribution in [-0.2, 0) is 10.0 Å². The first-order chi connectivity index (χ1) is 7.03. The summed E-state index contributed by atoms with van der Waals surface area (Å²) in [5.74, 6) is 0. The Morgan fingerprint density at radius 3 is 2.73 bits per heavy atom. The van der Waals surface area contributed by atoms with E-state index in [2.05, 4.69) is 4.90 Å². The zero-order valence-electron chi connectivity index (χ0n) is 8.34. The second-order valence-corrected chi connectivity index (χ2v) is 6.67. The number of hydrogen-bond donors (Lipinski definition) is 1. The van der Waals surface area contributed by atoms with Crippen LogP contribution in [0.4, 0.5) is 0 Å². The summed E-state index contributed by atoms with van der Waals surface area (Å²) in [6.07, 6.45) is 0.350. The van der Waals surface area contributed by atoms with Gasteiger partial charge in [0.25, 0.3) is 0 Å². The van der Waals surface area contributed by atoms with Gasteiger partial charge in [0.05, 0.1) is 6.10 Å². The molecule has 2 fully saturated rings. The molecule has 0 aromatic carbocycles. The summed E-state index contributed by atoms with van der Waals surface area (Å²) in [6, 6.07) is 0.159. The van der Waals surface area contributed by atoms with Crippen LogP contribution < -0.4 is 0 Å². The van der Waals surface area contributed by atoms with Crippen molar-refractivity contribution in [3.05, 3.63) is 0 Å². The lowest BCUT2D eigenvalue weighted by molar-refractivity contribution is 0.148. The van der Waals surface area contributed by atoms with Crippen molar-refractivity contribution >= 4 is 21.6 Å². The van der Waals surface area contributed by atoms with Gasteiger partial charge in [-0.1, -0.05) is 0 Å². The predicted octanol–water partition coefficient (Wildman–Crippen LogP) is -0.737. The minimum absolute atomic E-state index is 0.159. The van der Waals surface area contributed by atoms with Crippen molar-refractivity contribution in [3.63, 3.8) is 0 Å². The average Bonchev–Trinajstić information content (AvgIpc) is 2.56. The lowest BCUT2D eigenvalue weighted by Crippen LogP contribution is -2.52. The highest BCUT2D eigenvalue weighted by molar-refractivity contribution is 7.90. The van der Waals surface area contributed by atoms with Gasteiger partial charge in [0.15, 0.2) is 0 Å². The topological polar surface area (TPSA) is 60.9 Å². The predicted molar refractivity (Wildman–Crippen MR) is 57.2 cm³/mol. The van der Waals surface area contributed by atoms with Gasteiger partial charge in [-0.25, -0.2) is 8.42 Å². The monoisotopic (exact) mass is 254 g/mol. The molecule has 2 rings (SSSR count). The third-order valence-electron chi connectivity index (χ3n) is 3.09. The number of fused-ring (bicyclic) bond motifs is 1. The minimum atomic E-state index is -3.29. The van der Waals surface area contributed by atoms with Crippen molar-refractivity contribution in [1.82, 2.24) is 9.21 Å². The Bertz CT molecular complexity index is 335. The Hall–Kier alpha value is 0.120. The summed E-state index contributed by atoms with van der Waals surface area (Å²) >= 11 is 5.41. The summed E-state index contributed by atoms with van der Waals surface area (Å²) in [7, 11) is -3.29. The third kappa shape index (κ3) is 2.29. The molecule has 0 aromatic heterocycles. The summed E-state index contributed by atoms with van der Waals surface area (Å²) in [6.45, 7) is 2.31. The van der Waals surface area contributed by atoms with E-state index < -0.39 is 10.0 Å². The first-order valence-electron chi connectivity index (χ1n) is 4.99. The van der Waals surface area contributed by atoms with Gasteiger partial charge < -0.3 is 5.11 Å². The Labute approximate surface area is 94.7 Å². The largest absolute Gasteiger partial charge is 0.392 e. The molecule has 2 atom stereocenters. The van der Waals surface area contributed by atoms with Crippen LogP contribution in [0.2, 0.25) is 0 Å². The van der Waals surface area contributed by atoms with Crippen LogP contribution in [0.5, 0.6) is 0 Å². The van der Waals surface area contributed by atoms with Crippen LogP contribution in [0.3, 0.4) is 0 Å². The molecule has 2 aliphatic rings. The van der Waals surface area contributed by atoms with E-state index >= 15 is 0 Å². The molecule has 0 aromatic rings. The Kier molecular flexibility index (Phi) is 3.23. The second kappa shape index (κ2) is 4.18. The van der Waals surface area contributed by atoms with Crippen LogP contribution in [0.25, 0.3) is 0 Å². The molecule has 2 aliphatic heterocycles. The van der Waals surface area contributed by atoms with E-state index in [1.807, 2.05) is 0 Å². The number of halogens is 1. The van der Waals surface area contributed by atoms with E-state index in [-0.39, 0.29) is 17.4 Å². The van der Waals surface area contributed by atoms with Gasteiger partial charge in [0, 0.05) is 32.2 Å². The van der Waals surface area contributed by atoms with Crippen LogP contribution >= 0.6 is 11.6 Å². The van der Waals surface area contributed by atoms with E-state index in [9.17, 15) is 13.5 Å². The second-order valence-electron chi connectivity index (χ2n) is 4.12. The maximum Gasteiger partial charge on any atom is 0.228 e. The fraction of sp³-hybridized carbons (Fsp3) is 1.00. The van der Waals surface area contributed by atoms with Gasteiger partial charge >= 0.3 is 0 Å². The third-order valence-corrected chi connectivity index (χ3v) is 5.31. The maximum absolute atomic E-state index is 11.5. The first kappa shape index (κ1) is 11.6. The highest BCUT2D eigenvalue weighted by Crippen LogP contribution is 2.23. The zero-order chi connectivity index (χ0) is 11.1. The van der Waals surface area contributed by atoms with Crippen LogP contribution in [0.1, 0.15) is 6.42 Å². The molecule has 2 saturated heterocycles. The number of nitrogens with zero attached hydrogens (tertiary/aromatic N) is 2. The van der Waals surface area contributed by atoms with Gasteiger partial charge in [0.2, 0.25) is 10.0 Å². The van der Waals surface area contributed by atoms with E-state index in [1.54, 1.807) is 0 Å². The highest BCUT2D eigenvalue weighted by atomic mass is 35.5. The number of rotatable bonds is 2. The summed E-state index contributed by atoms with van der Waals surface area (Å²) in [4.78, 5) is 2.14. The van der Waals surface area contributed by atoms with Crippen molar-refractivity contribution in [2.75, 3.05) is 31.4 Å². The normalized spacial score (nSPS) is 34.3. The molecular weight excluding hydrogens is 240 g/mol. The lowest BCUT2D eigenvalue weighted by Gasteiger charge is -2.35. The molecule has 15 heavy (non-hydrogen) atoms. The Morgan fingerprint density at radius 2 is 2.07 bits per heavy atom. The van der Waals surface area contributed by atoms with E-state index in [0.29, 0.717) is 32.6 Å². The van der Waals surface area contributed by atoms with Crippen LogP contribution in [-0.4, -0.2) is 66.3 Å². The molecule has 0 radical (unpaired) electrons. The number of aliphatic hydroxyl groups excluding tert-OH is 1. The van der Waals surface area contributed by atoms with E-state index in [0.717, 1.165) is 0 Å². The number of alkyl halides is 1. The SMILES string of the molecule is O=S(=O)(CCl)N1CCN2CC(O)CC2C1. The molecule has 0 saturated carbocycles. The lowest BCUT2D eigenvalue weighted by atomic mass is 10.2. The summed E-state index contributed by atoms with van der Waals surface area (Å²) in [5, 5.41) is 9.11. The van der Waals surface area contributed by atoms with E-state index in [1.165, 1.54) is 4.31 Å². The van der Waals surface area contributed by atoms with Gasteiger partial charge in [0.1, 0.15) is 5.21 Å². The number of hydrogen-bond acceptors (Lipinski definition) is 4. The number of aliphatic hydroxyl groups is 1. The molecular formula is C8H15ClN2O3S. The molecule has 0 aliphatic carbocycles. The first-order valence-corrected chi connectivity index (χ1v) is 7.13. The van der Waals surface area contributed by atoms with Gasteiger partial charge in [-0.2, -0.15) is 4.31 Å². The maximum atomic E-state index is 11.5. The molecule has 0 bridgehead atoms. The van der Waals surface area contributed by atoms with Gasteiger partial charge in [-0.3, -0.25) is 4.90 Å². The molecule has 0 spiro atoms. The fourth-order valence-corrected chi connectivity index (χ4v) is 3.62. The molecule has 2 unspecified atom stereocenters. The van der Waals surface area contributed by atoms with Crippen LogP contribution in [0.15, 0.2) is 0 Å². The number of sulfonamides is 1. The van der Waals surface area contributed by atoms with Gasteiger partial charge in [-0.15, -0.1) is 11.6 Å². The standard InChI is InChI=1S/C8H15ClN2O3S/c9-6-15(13,14)11-2-1-10-5-8(12)3-7(10)4-11/h7-8,12H,1-6H2. The molecule has 2 heterocycles. The molecule has 1 N–H and O–H groups in total. The van der Waals surface area contributed by atoms with Crippen molar-refractivity contribution in [3.8, 4) is 0 Å². The average molecular weight is 255 g/mol. The zero-order valence-corrected chi connectivity index (χ0v) is 9.91. The van der Waals surface area contributed by atoms with Crippen molar-refractivity contribution in [2.45, 2.75) is 18.6 Å². The van der Waals surface area contributed by atoms with Gasteiger partial charge in [-0.05, 0) is 6.42 Å². The fourth-order valence-electron chi connectivity index (χ4n) is 2.31.